The average Bonchev–Trinajstić information content (AvgIpc) is 2.30. The van der Waals surface area contributed by atoms with Gasteiger partial charge in [-0.3, -0.25) is 0 Å². The zero-order valence-corrected chi connectivity index (χ0v) is 9.66. The summed E-state index contributed by atoms with van der Waals surface area (Å²) in [5.41, 5.74) is 2.31. The number of thioether (sulfide) groups is 1. The molecule has 2 rings (SSSR count). The Balaban J connectivity index is 2.56. The van der Waals surface area contributed by atoms with E-state index in [1.807, 2.05) is 30.7 Å². The first-order valence-corrected chi connectivity index (χ1v) is 6.01. The number of rotatable bonds is 2. The van der Waals surface area contributed by atoms with Gasteiger partial charge in [-0.05, 0) is 42.1 Å². The molecule has 0 saturated heterocycles. The number of aromatic nitrogens is 2. The lowest BCUT2D eigenvalue weighted by Crippen LogP contribution is -2.34. The Kier molecular flexibility index (Phi) is 3.02. The zero-order chi connectivity index (χ0) is 10.7. The Morgan fingerprint density at radius 1 is 1.20 bits per heavy atom. The fourth-order valence-electron chi connectivity index (χ4n) is 1.44. The molecule has 2 nitrogen and oxygen atoms in total. The zero-order valence-electron chi connectivity index (χ0n) is 8.84. The van der Waals surface area contributed by atoms with Gasteiger partial charge in [-0.2, -0.15) is 4.57 Å². The number of hydrogen-bond donors (Lipinski definition) is 0. The molecular weight excluding hydrogens is 204 g/mol. The third-order valence-corrected chi connectivity index (χ3v) is 2.80. The SMILES string of the molecule is CSc1ncc(C)c[n+]1-c1ccccc1. The van der Waals surface area contributed by atoms with Crippen molar-refractivity contribution in [3.8, 4) is 5.69 Å². The van der Waals surface area contributed by atoms with E-state index in [0.29, 0.717) is 0 Å². The number of hydrogen-bond acceptors (Lipinski definition) is 2. The van der Waals surface area contributed by atoms with Gasteiger partial charge in [-0.25, -0.2) is 0 Å². The van der Waals surface area contributed by atoms with Crippen molar-refractivity contribution >= 4 is 11.8 Å². The van der Waals surface area contributed by atoms with Crippen molar-refractivity contribution < 1.29 is 4.57 Å². The third kappa shape index (κ3) is 2.18. The first-order chi connectivity index (χ1) is 7.31. The van der Waals surface area contributed by atoms with Gasteiger partial charge >= 0.3 is 5.16 Å². The van der Waals surface area contributed by atoms with E-state index in [1.54, 1.807) is 11.8 Å². The Hall–Kier alpha value is -1.35. The lowest BCUT2D eigenvalue weighted by atomic mass is 10.3. The van der Waals surface area contributed by atoms with E-state index < -0.39 is 0 Å². The number of nitrogens with zero attached hydrogens (tertiary/aromatic N) is 2. The van der Waals surface area contributed by atoms with Gasteiger partial charge in [0.1, 0.15) is 18.1 Å². The van der Waals surface area contributed by atoms with Crippen LogP contribution < -0.4 is 4.57 Å². The van der Waals surface area contributed by atoms with E-state index in [0.717, 1.165) is 16.4 Å². The van der Waals surface area contributed by atoms with Crippen LogP contribution in [0.25, 0.3) is 5.69 Å². The van der Waals surface area contributed by atoms with Crippen LogP contribution in [0.1, 0.15) is 5.56 Å². The van der Waals surface area contributed by atoms with E-state index >= 15 is 0 Å². The number of benzene rings is 1. The predicted octanol–water partition coefficient (Wildman–Crippen LogP) is 2.39. The highest BCUT2D eigenvalue weighted by Crippen LogP contribution is 2.09. The minimum absolute atomic E-state index is 1.01. The van der Waals surface area contributed by atoms with Crippen LogP contribution in [0.5, 0.6) is 0 Å². The quantitative estimate of drug-likeness (QED) is 0.436. The topological polar surface area (TPSA) is 16.8 Å². The molecule has 0 amide bonds. The second-order valence-electron chi connectivity index (χ2n) is 3.32. The van der Waals surface area contributed by atoms with E-state index in [1.165, 1.54) is 0 Å². The monoisotopic (exact) mass is 217 g/mol. The standard InChI is InChI=1S/C12H13N2S/c1-10-8-13-12(15-2)14(9-10)11-6-4-3-5-7-11/h3-9H,1-2H3/q+1. The van der Waals surface area contributed by atoms with Gasteiger partial charge in [-0.15, -0.1) is 0 Å². The fourth-order valence-corrected chi connectivity index (χ4v) is 1.95. The summed E-state index contributed by atoms with van der Waals surface area (Å²) < 4.78 is 2.11. The van der Waals surface area contributed by atoms with E-state index in [4.69, 9.17) is 0 Å². The summed E-state index contributed by atoms with van der Waals surface area (Å²) in [5, 5.41) is 1.01. The molecule has 1 aromatic carbocycles. The first-order valence-electron chi connectivity index (χ1n) is 4.79. The highest BCUT2D eigenvalue weighted by atomic mass is 32.2. The van der Waals surface area contributed by atoms with Crippen LogP contribution >= 0.6 is 11.8 Å². The summed E-state index contributed by atoms with van der Waals surface area (Å²) in [6.45, 7) is 2.05. The molecule has 3 heteroatoms. The van der Waals surface area contributed by atoms with Gasteiger partial charge in [0, 0.05) is 5.56 Å². The molecule has 0 radical (unpaired) electrons. The van der Waals surface area contributed by atoms with E-state index in [-0.39, 0.29) is 0 Å². The molecule has 0 aliphatic rings. The molecule has 2 aromatic rings. The van der Waals surface area contributed by atoms with Gasteiger partial charge in [0.15, 0.2) is 0 Å². The summed E-state index contributed by atoms with van der Waals surface area (Å²) in [5.74, 6) is 0. The van der Waals surface area contributed by atoms with Crippen LogP contribution in [0.3, 0.4) is 0 Å². The molecule has 0 N–H and O–H groups in total. The number of para-hydroxylation sites is 1. The van der Waals surface area contributed by atoms with Crippen LogP contribution in [0.2, 0.25) is 0 Å². The lowest BCUT2D eigenvalue weighted by molar-refractivity contribution is -0.641. The van der Waals surface area contributed by atoms with E-state index in [2.05, 4.69) is 34.8 Å². The normalized spacial score (nSPS) is 10.3. The van der Waals surface area contributed by atoms with Crippen molar-refractivity contribution in [2.45, 2.75) is 12.1 Å². The van der Waals surface area contributed by atoms with Gasteiger partial charge in [0.05, 0.1) is 0 Å². The van der Waals surface area contributed by atoms with Crippen LogP contribution in [-0.2, 0) is 0 Å². The largest absolute Gasteiger partial charge is 0.363 e. The Bertz CT molecular complexity index is 454. The highest BCUT2D eigenvalue weighted by Gasteiger charge is 2.12. The molecule has 1 heterocycles. The highest BCUT2D eigenvalue weighted by molar-refractivity contribution is 7.98. The summed E-state index contributed by atoms with van der Waals surface area (Å²) in [4.78, 5) is 4.40. The van der Waals surface area contributed by atoms with Crippen molar-refractivity contribution in [3.63, 3.8) is 0 Å². The van der Waals surface area contributed by atoms with Crippen LogP contribution in [0, 0.1) is 6.92 Å². The minimum atomic E-state index is 1.01. The van der Waals surface area contributed by atoms with Crippen molar-refractivity contribution in [3.05, 3.63) is 48.3 Å². The molecule has 0 unspecified atom stereocenters. The molecule has 0 saturated carbocycles. The second-order valence-corrected chi connectivity index (χ2v) is 4.10. The molecule has 0 aliphatic heterocycles. The molecular formula is C12H13N2S+. The summed E-state index contributed by atoms with van der Waals surface area (Å²) >= 11 is 1.65. The average molecular weight is 217 g/mol. The maximum Gasteiger partial charge on any atom is 0.363 e. The van der Waals surface area contributed by atoms with Crippen LogP contribution in [-0.4, -0.2) is 11.2 Å². The molecule has 0 aliphatic carbocycles. The van der Waals surface area contributed by atoms with Gasteiger partial charge in [0.2, 0.25) is 0 Å². The van der Waals surface area contributed by atoms with Gasteiger partial charge < -0.3 is 0 Å². The molecule has 0 atom stereocenters. The smallest absolute Gasteiger partial charge is 0.190 e. The van der Waals surface area contributed by atoms with Gasteiger partial charge in [-0.1, -0.05) is 18.2 Å². The van der Waals surface area contributed by atoms with Crippen LogP contribution in [0.15, 0.2) is 47.9 Å². The molecule has 0 spiro atoms. The summed E-state index contributed by atoms with van der Waals surface area (Å²) in [6.07, 6.45) is 6.04. The van der Waals surface area contributed by atoms with Crippen molar-refractivity contribution in [1.82, 2.24) is 4.98 Å². The molecule has 0 bridgehead atoms. The molecule has 0 fully saturated rings. The second kappa shape index (κ2) is 4.45. The van der Waals surface area contributed by atoms with E-state index in [9.17, 15) is 0 Å². The van der Waals surface area contributed by atoms with Crippen molar-refractivity contribution in [2.75, 3.05) is 6.26 Å². The summed E-state index contributed by atoms with van der Waals surface area (Å²) in [7, 11) is 0. The Morgan fingerprint density at radius 2 is 1.93 bits per heavy atom. The lowest BCUT2D eigenvalue weighted by Gasteiger charge is -2.01. The Morgan fingerprint density at radius 3 is 2.60 bits per heavy atom. The van der Waals surface area contributed by atoms with Crippen molar-refractivity contribution in [2.24, 2.45) is 0 Å². The summed E-state index contributed by atoms with van der Waals surface area (Å²) in [6, 6.07) is 10.3. The maximum absolute atomic E-state index is 4.40. The molecule has 76 valence electrons. The fraction of sp³-hybridized carbons (Fsp3) is 0.167. The first kappa shape index (κ1) is 10.2. The maximum atomic E-state index is 4.40. The molecule has 15 heavy (non-hydrogen) atoms. The van der Waals surface area contributed by atoms with Crippen molar-refractivity contribution in [1.29, 1.82) is 0 Å². The third-order valence-electron chi connectivity index (χ3n) is 2.13. The Labute approximate surface area is 94.0 Å². The molecule has 1 aromatic heterocycles. The van der Waals surface area contributed by atoms with Gasteiger partial charge in [0.25, 0.3) is 0 Å². The minimum Gasteiger partial charge on any atom is -0.190 e. The van der Waals surface area contributed by atoms with Crippen LogP contribution in [0.4, 0.5) is 0 Å². The number of aryl methyl sites for hydroxylation is 1. The predicted molar refractivity (Wildman–Crippen MR) is 62.3 cm³/mol.